The second-order valence-electron chi connectivity index (χ2n) is 12.1. The van der Waals surface area contributed by atoms with E-state index >= 15 is 0 Å². The number of aliphatic hydroxyl groups excluding tert-OH is 1. The second-order valence-corrected chi connectivity index (χ2v) is 12.5. The molecular weight excluding hydrogens is 516 g/mol. The van der Waals surface area contributed by atoms with Crippen molar-refractivity contribution in [3.05, 3.63) is 34.4 Å². The van der Waals surface area contributed by atoms with Gasteiger partial charge in [0.05, 0.1) is 36.5 Å². The molecule has 4 aliphatic rings. The lowest BCUT2D eigenvalue weighted by Gasteiger charge is -2.26. The molecule has 216 valence electrons. The number of carbonyl (C=O) groups is 1. The van der Waals surface area contributed by atoms with Crippen LogP contribution in [-0.2, 0) is 15.9 Å². The average molecular weight is 561 g/mol. The molecule has 39 heavy (non-hydrogen) atoms. The van der Waals surface area contributed by atoms with Crippen molar-refractivity contribution in [3.63, 3.8) is 0 Å². The third kappa shape index (κ3) is 7.92. The predicted octanol–water partition coefficient (Wildman–Crippen LogP) is 7.21. The summed E-state index contributed by atoms with van der Waals surface area (Å²) in [6, 6.07) is 1.78. The Morgan fingerprint density at radius 1 is 0.923 bits per heavy atom. The number of halogens is 1. The van der Waals surface area contributed by atoms with Gasteiger partial charge in [0.1, 0.15) is 23.2 Å². The zero-order valence-corrected chi connectivity index (χ0v) is 24.1. The van der Waals surface area contributed by atoms with Gasteiger partial charge in [-0.1, -0.05) is 62.3 Å². The van der Waals surface area contributed by atoms with Gasteiger partial charge in [0.2, 0.25) is 0 Å². The van der Waals surface area contributed by atoms with Crippen LogP contribution in [0.2, 0.25) is 5.02 Å². The fraction of sp³-hybridized carbons (Fsp3) is 0.719. The Hall–Kier alpha value is -1.76. The first-order valence-electron chi connectivity index (χ1n) is 15.3. The number of cyclic esters (lactones) is 1. The number of fused-ring (bicyclic) bond motifs is 2. The molecule has 7 heteroatoms. The van der Waals surface area contributed by atoms with E-state index in [9.17, 15) is 9.90 Å². The summed E-state index contributed by atoms with van der Waals surface area (Å²) in [7, 11) is 0. The first-order chi connectivity index (χ1) is 19.0. The number of hydrogen-bond donors (Lipinski definition) is 1. The summed E-state index contributed by atoms with van der Waals surface area (Å²) in [5.41, 5.74) is 0.842. The molecule has 2 heterocycles. The minimum Gasteiger partial charge on any atom is -0.492 e. The van der Waals surface area contributed by atoms with E-state index in [0.717, 1.165) is 38.5 Å². The van der Waals surface area contributed by atoms with Gasteiger partial charge in [0, 0.05) is 18.9 Å². The second kappa shape index (κ2) is 13.7. The van der Waals surface area contributed by atoms with Crippen LogP contribution in [0.5, 0.6) is 11.5 Å². The van der Waals surface area contributed by atoms with Crippen LogP contribution >= 0.6 is 11.6 Å². The van der Waals surface area contributed by atoms with E-state index in [1.54, 1.807) is 12.1 Å². The molecule has 0 radical (unpaired) electrons. The van der Waals surface area contributed by atoms with Crippen molar-refractivity contribution < 1.29 is 28.8 Å². The molecule has 6 nitrogen and oxygen atoms in total. The van der Waals surface area contributed by atoms with Gasteiger partial charge in [0.25, 0.3) is 0 Å². The van der Waals surface area contributed by atoms with Crippen molar-refractivity contribution in [1.29, 1.82) is 0 Å². The molecule has 2 saturated carbocycles. The number of esters is 1. The number of rotatable bonds is 6. The summed E-state index contributed by atoms with van der Waals surface area (Å²) in [5, 5.41) is 11.3. The van der Waals surface area contributed by atoms with Gasteiger partial charge in [-0.15, -0.1) is 0 Å². The summed E-state index contributed by atoms with van der Waals surface area (Å²) in [5.74, 6) is 1.46. The van der Waals surface area contributed by atoms with E-state index in [1.165, 1.54) is 38.5 Å². The van der Waals surface area contributed by atoms with Gasteiger partial charge in [-0.05, 0) is 62.8 Å². The topological polar surface area (TPSA) is 77.5 Å². The fourth-order valence-electron chi connectivity index (χ4n) is 6.47. The van der Waals surface area contributed by atoms with Crippen molar-refractivity contribution in [2.45, 2.75) is 121 Å². The van der Waals surface area contributed by atoms with E-state index < -0.39 is 12.1 Å². The van der Waals surface area contributed by atoms with Crippen LogP contribution in [0, 0.1) is 11.8 Å². The highest BCUT2D eigenvalue weighted by atomic mass is 35.5. The molecule has 1 aromatic carbocycles. The summed E-state index contributed by atoms with van der Waals surface area (Å²) in [6.45, 7) is 3.04. The standard InChI is InChI=1S/C32H45ClO6/c1-21-16-27-26(39-27)15-9-8-14-24(34)17-25-30(32(35)38-21)28(36-19-22-10-4-2-5-11-22)18-29(31(25)33)37-20-23-12-6-3-7-13-23/h8,14,18,21-24,26-27,34H,2-7,9-13,15-17,19-20H2,1H3/b14-8+/t21-,24+,26+,27-/m1/s1. The maximum atomic E-state index is 13.7. The molecule has 2 aliphatic heterocycles. The number of carbonyl (C=O) groups excluding carboxylic acids is 1. The Kier molecular flexibility index (Phi) is 10.1. The molecule has 2 aliphatic carbocycles. The molecule has 1 aromatic rings. The average Bonchev–Trinajstić information content (AvgIpc) is 3.68. The van der Waals surface area contributed by atoms with Crippen molar-refractivity contribution in [3.8, 4) is 11.5 Å². The van der Waals surface area contributed by atoms with E-state index in [1.807, 2.05) is 13.0 Å². The third-order valence-corrected chi connectivity index (χ3v) is 9.26. The summed E-state index contributed by atoms with van der Waals surface area (Å²) >= 11 is 6.97. The highest BCUT2D eigenvalue weighted by Gasteiger charge is 2.40. The highest BCUT2D eigenvalue weighted by molar-refractivity contribution is 6.33. The van der Waals surface area contributed by atoms with Crippen LogP contribution < -0.4 is 9.47 Å². The zero-order chi connectivity index (χ0) is 27.2. The lowest BCUT2D eigenvalue weighted by Crippen LogP contribution is -2.23. The lowest BCUT2D eigenvalue weighted by molar-refractivity contribution is 0.0302. The maximum absolute atomic E-state index is 13.7. The summed E-state index contributed by atoms with van der Waals surface area (Å²) < 4.78 is 24.4. The molecule has 4 atom stereocenters. The molecule has 0 unspecified atom stereocenters. The van der Waals surface area contributed by atoms with Gasteiger partial charge >= 0.3 is 5.97 Å². The molecule has 0 aromatic heterocycles. The minimum absolute atomic E-state index is 0.106. The van der Waals surface area contributed by atoms with Crippen LogP contribution in [0.4, 0.5) is 0 Å². The molecule has 0 bridgehead atoms. The number of allylic oxidation sites excluding steroid dienone is 1. The monoisotopic (exact) mass is 560 g/mol. The van der Waals surface area contributed by atoms with Crippen molar-refractivity contribution in [2.75, 3.05) is 13.2 Å². The normalized spacial score (nSPS) is 29.9. The van der Waals surface area contributed by atoms with E-state index in [0.29, 0.717) is 59.1 Å². The van der Waals surface area contributed by atoms with E-state index in [4.69, 9.17) is 30.5 Å². The van der Waals surface area contributed by atoms with Crippen LogP contribution in [0.25, 0.3) is 0 Å². The Labute approximate surface area is 238 Å². The third-order valence-electron chi connectivity index (χ3n) is 8.84. The van der Waals surface area contributed by atoms with Crippen LogP contribution in [-0.4, -0.2) is 48.7 Å². The summed E-state index contributed by atoms with van der Waals surface area (Å²) in [6.07, 6.45) is 17.6. The fourth-order valence-corrected chi connectivity index (χ4v) is 6.75. The van der Waals surface area contributed by atoms with Crippen molar-refractivity contribution in [1.82, 2.24) is 0 Å². The maximum Gasteiger partial charge on any atom is 0.342 e. The predicted molar refractivity (Wildman–Crippen MR) is 152 cm³/mol. The smallest absolute Gasteiger partial charge is 0.342 e. The van der Waals surface area contributed by atoms with Gasteiger partial charge in [-0.3, -0.25) is 0 Å². The molecular formula is C32H45ClO6. The number of hydrogen-bond acceptors (Lipinski definition) is 6. The van der Waals surface area contributed by atoms with Gasteiger partial charge < -0.3 is 24.1 Å². The number of epoxide rings is 1. The Morgan fingerprint density at radius 3 is 2.23 bits per heavy atom. The highest BCUT2D eigenvalue weighted by Crippen LogP contribution is 2.41. The molecule has 0 amide bonds. The molecule has 5 rings (SSSR count). The Balaban J connectivity index is 1.46. The Morgan fingerprint density at radius 2 is 1.56 bits per heavy atom. The van der Waals surface area contributed by atoms with Crippen molar-refractivity contribution in [2.24, 2.45) is 11.8 Å². The first kappa shape index (κ1) is 28.8. The van der Waals surface area contributed by atoms with Crippen LogP contribution in [0.15, 0.2) is 18.2 Å². The summed E-state index contributed by atoms with van der Waals surface area (Å²) in [4.78, 5) is 13.7. The van der Waals surface area contributed by atoms with Crippen LogP contribution in [0.3, 0.4) is 0 Å². The molecule has 0 spiro atoms. The van der Waals surface area contributed by atoms with E-state index in [-0.39, 0.29) is 24.7 Å². The number of ether oxygens (including phenoxy) is 4. The zero-order valence-electron chi connectivity index (χ0n) is 23.4. The molecule has 3 fully saturated rings. The SMILES string of the molecule is C[C@@H]1C[C@H]2O[C@H]2CC/C=C/[C@H](O)Cc2c(Cl)c(OCC3CCCCC3)cc(OCC3CCCCC3)c2C(=O)O1. The van der Waals surface area contributed by atoms with Gasteiger partial charge in [-0.25, -0.2) is 4.79 Å². The lowest BCUT2D eigenvalue weighted by atomic mass is 9.90. The van der Waals surface area contributed by atoms with Crippen molar-refractivity contribution >= 4 is 17.6 Å². The number of benzene rings is 1. The largest absolute Gasteiger partial charge is 0.492 e. The minimum atomic E-state index is -0.801. The van der Waals surface area contributed by atoms with E-state index in [2.05, 4.69) is 0 Å². The van der Waals surface area contributed by atoms with Gasteiger partial charge in [0.15, 0.2) is 0 Å². The first-order valence-corrected chi connectivity index (χ1v) is 15.7. The van der Waals surface area contributed by atoms with Gasteiger partial charge in [-0.2, -0.15) is 0 Å². The van der Waals surface area contributed by atoms with Crippen LogP contribution in [0.1, 0.15) is 106 Å². The quantitative estimate of drug-likeness (QED) is 0.225. The Bertz CT molecular complexity index is 997. The molecule has 1 saturated heterocycles. The molecule has 1 N–H and O–H groups in total. The number of aliphatic hydroxyl groups is 1.